The molecule has 1 saturated heterocycles. The first-order valence-corrected chi connectivity index (χ1v) is 6.94. The van der Waals surface area contributed by atoms with Gasteiger partial charge in [0.25, 0.3) is 0 Å². The van der Waals surface area contributed by atoms with E-state index in [1.54, 1.807) is 12.1 Å². The van der Waals surface area contributed by atoms with E-state index in [2.05, 4.69) is 17.6 Å². The monoisotopic (exact) mass is 279 g/mol. The van der Waals surface area contributed by atoms with Gasteiger partial charge in [-0.25, -0.2) is 0 Å². The van der Waals surface area contributed by atoms with Crippen molar-refractivity contribution in [1.29, 1.82) is 0 Å². The van der Waals surface area contributed by atoms with Crippen molar-refractivity contribution in [1.82, 2.24) is 5.32 Å². The highest BCUT2D eigenvalue weighted by atomic mass is 16.6. The lowest BCUT2D eigenvalue weighted by molar-refractivity contribution is -0.385. The van der Waals surface area contributed by atoms with Gasteiger partial charge >= 0.3 is 5.69 Å². The van der Waals surface area contributed by atoms with Crippen LogP contribution < -0.4 is 15.4 Å². The number of hydrogen-bond acceptors (Lipinski definition) is 5. The van der Waals surface area contributed by atoms with Crippen molar-refractivity contribution in [3.05, 3.63) is 28.3 Å². The molecule has 2 rings (SSSR count). The minimum absolute atomic E-state index is 0.00728. The summed E-state index contributed by atoms with van der Waals surface area (Å²) >= 11 is 0. The molecule has 0 spiro atoms. The quantitative estimate of drug-likeness (QED) is 0.640. The lowest BCUT2D eigenvalue weighted by Crippen LogP contribution is -2.45. The first-order chi connectivity index (χ1) is 9.54. The number of anilines is 1. The molecule has 6 nitrogen and oxygen atoms in total. The molecule has 0 amide bonds. The second-order valence-corrected chi connectivity index (χ2v) is 5.31. The van der Waals surface area contributed by atoms with E-state index in [9.17, 15) is 10.1 Å². The summed E-state index contributed by atoms with van der Waals surface area (Å²) in [6.07, 6.45) is 2.04. The summed E-state index contributed by atoms with van der Waals surface area (Å²) < 4.78 is 5.37. The molecule has 0 bridgehead atoms. The number of benzene rings is 1. The molecule has 0 saturated carbocycles. The van der Waals surface area contributed by atoms with Gasteiger partial charge in [-0.15, -0.1) is 0 Å². The van der Waals surface area contributed by atoms with Gasteiger partial charge in [-0.05, 0) is 45.8 Å². The Bertz CT molecular complexity index is 485. The Balaban J connectivity index is 2.19. The predicted molar refractivity (Wildman–Crippen MR) is 78.4 cm³/mol. The SMILES string of the molecule is CCOc1cc(NC2(C)CCNCC2)ccc1[N+](=O)[O-]. The molecule has 6 heteroatoms. The lowest BCUT2D eigenvalue weighted by atomic mass is 9.90. The maximum Gasteiger partial charge on any atom is 0.311 e. The van der Waals surface area contributed by atoms with Gasteiger partial charge in [0.05, 0.1) is 11.5 Å². The highest BCUT2D eigenvalue weighted by Crippen LogP contribution is 2.32. The number of rotatable bonds is 5. The Hall–Kier alpha value is -1.82. The largest absolute Gasteiger partial charge is 0.487 e. The maximum absolute atomic E-state index is 11.0. The average Bonchev–Trinajstić information content (AvgIpc) is 2.39. The zero-order valence-corrected chi connectivity index (χ0v) is 11.9. The van der Waals surface area contributed by atoms with Crippen LogP contribution in [0.25, 0.3) is 0 Å². The Morgan fingerprint density at radius 3 is 2.75 bits per heavy atom. The predicted octanol–water partition coefficient (Wildman–Crippen LogP) is 2.55. The Morgan fingerprint density at radius 2 is 2.15 bits per heavy atom. The summed E-state index contributed by atoms with van der Waals surface area (Å²) in [6.45, 7) is 6.36. The molecule has 1 aromatic carbocycles. The van der Waals surface area contributed by atoms with E-state index in [4.69, 9.17) is 4.74 Å². The molecule has 1 aromatic rings. The van der Waals surface area contributed by atoms with Gasteiger partial charge < -0.3 is 15.4 Å². The summed E-state index contributed by atoms with van der Waals surface area (Å²) in [7, 11) is 0. The van der Waals surface area contributed by atoms with E-state index in [1.165, 1.54) is 6.07 Å². The summed E-state index contributed by atoms with van der Waals surface area (Å²) in [5.74, 6) is 0.319. The number of nitrogens with zero attached hydrogens (tertiary/aromatic N) is 1. The Morgan fingerprint density at radius 1 is 1.45 bits per heavy atom. The molecule has 1 heterocycles. The highest BCUT2D eigenvalue weighted by molar-refractivity contribution is 5.58. The van der Waals surface area contributed by atoms with Gasteiger partial charge in [0.2, 0.25) is 0 Å². The molecule has 1 fully saturated rings. The van der Waals surface area contributed by atoms with Crippen LogP contribution in [-0.4, -0.2) is 30.2 Å². The van der Waals surface area contributed by atoms with Crippen molar-refractivity contribution in [2.45, 2.75) is 32.2 Å². The fourth-order valence-corrected chi connectivity index (χ4v) is 2.47. The van der Waals surface area contributed by atoms with Crippen LogP contribution in [0, 0.1) is 10.1 Å². The lowest BCUT2D eigenvalue weighted by Gasteiger charge is -2.36. The molecule has 0 unspecified atom stereocenters. The molecule has 20 heavy (non-hydrogen) atoms. The normalized spacial score (nSPS) is 17.5. The van der Waals surface area contributed by atoms with Gasteiger partial charge in [-0.2, -0.15) is 0 Å². The molecule has 0 atom stereocenters. The van der Waals surface area contributed by atoms with Crippen molar-refractivity contribution in [2.24, 2.45) is 0 Å². The molecule has 0 aliphatic carbocycles. The van der Waals surface area contributed by atoms with Crippen LogP contribution in [0.1, 0.15) is 26.7 Å². The van der Waals surface area contributed by atoms with Crippen molar-refractivity contribution in [3.8, 4) is 5.75 Å². The summed E-state index contributed by atoms with van der Waals surface area (Å²) in [6, 6.07) is 4.96. The first-order valence-electron chi connectivity index (χ1n) is 6.94. The van der Waals surface area contributed by atoms with Crippen molar-refractivity contribution >= 4 is 11.4 Å². The van der Waals surface area contributed by atoms with Crippen LogP contribution in [0.2, 0.25) is 0 Å². The summed E-state index contributed by atoms with van der Waals surface area (Å²) in [5, 5.41) is 17.8. The second kappa shape index (κ2) is 6.09. The van der Waals surface area contributed by atoms with E-state index in [0.29, 0.717) is 12.4 Å². The maximum atomic E-state index is 11.0. The zero-order chi connectivity index (χ0) is 14.6. The van der Waals surface area contributed by atoms with Crippen molar-refractivity contribution in [3.63, 3.8) is 0 Å². The van der Waals surface area contributed by atoms with E-state index >= 15 is 0 Å². The zero-order valence-electron chi connectivity index (χ0n) is 11.9. The van der Waals surface area contributed by atoms with Crippen LogP contribution in [0.15, 0.2) is 18.2 Å². The molecule has 0 radical (unpaired) electrons. The molecule has 2 N–H and O–H groups in total. The number of ether oxygens (including phenoxy) is 1. The second-order valence-electron chi connectivity index (χ2n) is 5.31. The van der Waals surface area contributed by atoms with Crippen molar-refractivity contribution in [2.75, 3.05) is 25.0 Å². The third kappa shape index (κ3) is 3.39. The minimum atomic E-state index is -0.416. The Labute approximate surface area is 118 Å². The number of piperidine rings is 1. The molecule has 1 aliphatic rings. The van der Waals surface area contributed by atoms with Crippen LogP contribution in [0.5, 0.6) is 5.75 Å². The van der Waals surface area contributed by atoms with Crippen LogP contribution in [0.4, 0.5) is 11.4 Å². The van der Waals surface area contributed by atoms with Crippen LogP contribution in [-0.2, 0) is 0 Å². The topological polar surface area (TPSA) is 76.4 Å². The van der Waals surface area contributed by atoms with Gasteiger partial charge in [-0.1, -0.05) is 0 Å². The van der Waals surface area contributed by atoms with Gasteiger partial charge in [-0.3, -0.25) is 10.1 Å². The first kappa shape index (κ1) is 14.6. The molecular weight excluding hydrogens is 258 g/mol. The molecule has 110 valence electrons. The minimum Gasteiger partial charge on any atom is -0.487 e. The summed E-state index contributed by atoms with van der Waals surface area (Å²) in [5.41, 5.74) is 0.890. The highest BCUT2D eigenvalue weighted by Gasteiger charge is 2.27. The van der Waals surface area contributed by atoms with Crippen molar-refractivity contribution < 1.29 is 9.66 Å². The average molecular weight is 279 g/mol. The fraction of sp³-hybridized carbons (Fsp3) is 0.571. The third-order valence-electron chi connectivity index (χ3n) is 3.61. The number of nitrogens with one attached hydrogen (secondary N) is 2. The van der Waals surface area contributed by atoms with Gasteiger partial charge in [0, 0.05) is 23.4 Å². The van der Waals surface area contributed by atoms with Crippen LogP contribution in [0.3, 0.4) is 0 Å². The molecular formula is C14H21N3O3. The van der Waals surface area contributed by atoms with E-state index in [-0.39, 0.29) is 11.2 Å². The third-order valence-corrected chi connectivity index (χ3v) is 3.61. The standard InChI is InChI=1S/C14H21N3O3/c1-3-20-13-10-11(4-5-12(13)17(18)19)16-14(2)6-8-15-9-7-14/h4-5,10,15-16H,3,6-9H2,1-2H3. The summed E-state index contributed by atoms with van der Waals surface area (Å²) in [4.78, 5) is 10.5. The number of nitro benzene ring substituents is 1. The number of hydrogen-bond donors (Lipinski definition) is 2. The number of nitro groups is 1. The van der Waals surface area contributed by atoms with E-state index in [0.717, 1.165) is 31.6 Å². The molecule has 1 aliphatic heterocycles. The van der Waals surface area contributed by atoms with Gasteiger partial charge in [0.15, 0.2) is 5.75 Å². The smallest absolute Gasteiger partial charge is 0.311 e. The Kier molecular flexibility index (Phi) is 4.44. The molecule has 0 aromatic heterocycles. The van der Waals surface area contributed by atoms with Crippen LogP contribution >= 0.6 is 0 Å². The van der Waals surface area contributed by atoms with E-state index in [1.807, 2.05) is 6.92 Å². The fourth-order valence-electron chi connectivity index (χ4n) is 2.47. The van der Waals surface area contributed by atoms with Gasteiger partial charge in [0.1, 0.15) is 0 Å². The van der Waals surface area contributed by atoms with E-state index < -0.39 is 4.92 Å².